The number of benzene rings is 2. The SMILES string of the molecule is CN(C(=O)NCc1ccc(Cl)cc1)C(=O)NNNc1ccc(Oc2cnc(C#N)cn2)cc1. The number of urea groups is 2. The van der Waals surface area contributed by atoms with Crippen molar-refractivity contribution in [2.75, 3.05) is 12.5 Å². The molecule has 3 rings (SSSR count). The normalized spacial score (nSPS) is 9.97. The molecule has 12 heteroatoms. The first-order valence-electron chi connectivity index (χ1n) is 9.51. The summed E-state index contributed by atoms with van der Waals surface area (Å²) < 4.78 is 5.54. The van der Waals surface area contributed by atoms with Gasteiger partial charge in [-0.1, -0.05) is 23.7 Å². The van der Waals surface area contributed by atoms with Crippen molar-refractivity contribution in [2.45, 2.75) is 6.54 Å². The van der Waals surface area contributed by atoms with Crippen molar-refractivity contribution in [3.63, 3.8) is 0 Å². The van der Waals surface area contributed by atoms with Gasteiger partial charge in [0.2, 0.25) is 5.88 Å². The van der Waals surface area contributed by atoms with Gasteiger partial charge in [-0.15, -0.1) is 5.53 Å². The maximum absolute atomic E-state index is 12.1. The Bertz CT molecular complexity index is 1130. The first-order valence-corrected chi connectivity index (χ1v) is 9.89. The summed E-state index contributed by atoms with van der Waals surface area (Å²) in [6.45, 7) is 0.252. The first-order chi connectivity index (χ1) is 15.9. The van der Waals surface area contributed by atoms with Gasteiger partial charge in [-0.05, 0) is 42.0 Å². The van der Waals surface area contributed by atoms with E-state index >= 15 is 0 Å². The lowest BCUT2D eigenvalue weighted by molar-refractivity contribution is 0.192. The summed E-state index contributed by atoms with van der Waals surface area (Å²) in [5.74, 6) is 0.748. The highest BCUT2D eigenvalue weighted by Gasteiger charge is 2.15. The van der Waals surface area contributed by atoms with E-state index in [2.05, 4.69) is 31.7 Å². The molecule has 0 spiro atoms. The van der Waals surface area contributed by atoms with E-state index in [1.807, 2.05) is 6.07 Å². The monoisotopic (exact) mass is 466 g/mol. The summed E-state index contributed by atoms with van der Waals surface area (Å²) >= 11 is 5.83. The molecule has 0 aliphatic heterocycles. The minimum atomic E-state index is -0.671. The Balaban J connectivity index is 1.40. The van der Waals surface area contributed by atoms with Crippen LogP contribution in [0, 0.1) is 11.3 Å². The molecule has 3 aromatic rings. The highest BCUT2D eigenvalue weighted by Crippen LogP contribution is 2.20. The fourth-order valence-corrected chi connectivity index (χ4v) is 2.51. The van der Waals surface area contributed by atoms with E-state index in [9.17, 15) is 9.59 Å². The lowest BCUT2D eigenvalue weighted by Crippen LogP contribution is -2.51. The third-order valence-electron chi connectivity index (χ3n) is 4.16. The number of nitriles is 1. The molecule has 0 saturated carbocycles. The van der Waals surface area contributed by atoms with Crippen LogP contribution in [0.25, 0.3) is 0 Å². The lowest BCUT2D eigenvalue weighted by Gasteiger charge is -2.18. The second-order valence-electron chi connectivity index (χ2n) is 6.50. The Hall–Kier alpha value is -4.40. The summed E-state index contributed by atoms with van der Waals surface area (Å²) in [4.78, 5) is 33.0. The van der Waals surface area contributed by atoms with Crippen molar-refractivity contribution in [2.24, 2.45) is 0 Å². The average Bonchev–Trinajstić information content (AvgIpc) is 2.84. The van der Waals surface area contributed by atoms with Crippen LogP contribution in [0.15, 0.2) is 60.9 Å². The second kappa shape index (κ2) is 11.3. The van der Waals surface area contributed by atoms with Crippen molar-refractivity contribution >= 4 is 29.4 Å². The zero-order chi connectivity index (χ0) is 23.6. The number of aromatic nitrogens is 2. The second-order valence-corrected chi connectivity index (χ2v) is 6.94. The van der Waals surface area contributed by atoms with E-state index in [1.165, 1.54) is 19.4 Å². The maximum Gasteiger partial charge on any atom is 0.341 e. The predicted octanol–water partition coefficient (Wildman–Crippen LogP) is 3.18. The molecule has 0 unspecified atom stereocenters. The molecule has 0 aliphatic carbocycles. The van der Waals surface area contributed by atoms with Crippen LogP contribution in [0.2, 0.25) is 5.02 Å². The molecule has 4 N–H and O–H groups in total. The number of rotatable bonds is 7. The van der Waals surface area contributed by atoms with E-state index in [1.54, 1.807) is 48.5 Å². The van der Waals surface area contributed by atoms with E-state index < -0.39 is 12.1 Å². The summed E-state index contributed by atoms with van der Waals surface area (Å²) in [6.07, 6.45) is 2.66. The number of carbonyl (C=O) groups is 2. The molecule has 1 heterocycles. The highest BCUT2D eigenvalue weighted by molar-refractivity contribution is 6.30. The van der Waals surface area contributed by atoms with Gasteiger partial charge < -0.3 is 15.5 Å². The molecule has 11 nitrogen and oxygen atoms in total. The van der Waals surface area contributed by atoms with Crippen LogP contribution in [-0.2, 0) is 6.54 Å². The molecule has 0 fully saturated rings. The van der Waals surface area contributed by atoms with Crippen molar-refractivity contribution < 1.29 is 14.3 Å². The number of nitrogens with one attached hydrogen (secondary N) is 4. The molecule has 33 heavy (non-hydrogen) atoms. The number of carbonyl (C=O) groups excluding carboxylic acids is 2. The molecule has 4 amide bonds. The van der Waals surface area contributed by atoms with Gasteiger partial charge in [0.1, 0.15) is 11.8 Å². The van der Waals surface area contributed by atoms with Crippen molar-refractivity contribution in [1.82, 2.24) is 31.1 Å². The smallest absolute Gasteiger partial charge is 0.341 e. The Morgan fingerprint density at radius 2 is 1.79 bits per heavy atom. The van der Waals surface area contributed by atoms with Crippen LogP contribution in [0.3, 0.4) is 0 Å². The third-order valence-corrected chi connectivity index (χ3v) is 4.41. The van der Waals surface area contributed by atoms with Gasteiger partial charge in [-0.3, -0.25) is 5.43 Å². The van der Waals surface area contributed by atoms with E-state index in [4.69, 9.17) is 21.6 Å². The molecule has 0 aliphatic rings. The number of anilines is 1. The summed E-state index contributed by atoms with van der Waals surface area (Å²) in [5.41, 5.74) is 9.30. The number of ether oxygens (including phenoxy) is 1. The zero-order valence-corrected chi connectivity index (χ0v) is 18.1. The van der Waals surface area contributed by atoms with Crippen LogP contribution in [0.4, 0.5) is 15.3 Å². The third kappa shape index (κ3) is 7.06. The maximum atomic E-state index is 12.1. The number of nitrogens with zero attached hydrogens (tertiary/aromatic N) is 4. The topological polar surface area (TPSA) is 144 Å². The molecule has 0 atom stereocenters. The Kier molecular flexibility index (Phi) is 7.96. The van der Waals surface area contributed by atoms with Gasteiger partial charge in [0.05, 0.1) is 18.1 Å². The van der Waals surface area contributed by atoms with Gasteiger partial charge in [0.25, 0.3) is 0 Å². The number of halogens is 1. The highest BCUT2D eigenvalue weighted by atomic mass is 35.5. The number of imide groups is 1. The van der Waals surface area contributed by atoms with Gasteiger partial charge in [-0.2, -0.15) is 5.26 Å². The summed E-state index contributed by atoms with van der Waals surface area (Å²) in [7, 11) is 1.34. The summed E-state index contributed by atoms with van der Waals surface area (Å²) in [6, 6.07) is 14.3. The van der Waals surface area contributed by atoms with E-state index in [-0.39, 0.29) is 18.1 Å². The molecular weight excluding hydrogens is 448 g/mol. The Morgan fingerprint density at radius 1 is 1.06 bits per heavy atom. The predicted molar refractivity (Wildman–Crippen MR) is 120 cm³/mol. The first kappa shape index (κ1) is 23.3. The molecule has 1 aromatic heterocycles. The van der Waals surface area contributed by atoms with Gasteiger partial charge in [0, 0.05) is 18.6 Å². The van der Waals surface area contributed by atoms with Gasteiger partial charge in [-0.25, -0.2) is 24.5 Å². The van der Waals surface area contributed by atoms with Crippen molar-refractivity contribution in [1.29, 1.82) is 5.26 Å². The van der Waals surface area contributed by atoms with Crippen LogP contribution in [0.1, 0.15) is 11.3 Å². The molecule has 0 saturated heterocycles. The number of hydrogen-bond acceptors (Lipinski definition) is 8. The number of hydrazine groups is 2. The molecule has 168 valence electrons. The quantitative estimate of drug-likeness (QED) is 0.388. The molecular formula is C21H19ClN8O3. The van der Waals surface area contributed by atoms with Crippen molar-refractivity contribution in [3.05, 3.63) is 77.2 Å². The minimum absolute atomic E-state index is 0.194. The largest absolute Gasteiger partial charge is 0.438 e. The van der Waals surface area contributed by atoms with E-state index in [0.29, 0.717) is 16.5 Å². The number of amides is 4. The number of hydrogen-bond donors (Lipinski definition) is 4. The Morgan fingerprint density at radius 3 is 2.42 bits per heavy atom. The fraction of sp³-hybridized carbons (Fsp3) is 0.0952. The lowest BCUT2D eigenvalue weighted by atomic mass is 10.2. The van der Waals surface area contributed by atoms with Gasteiger partial charge >= 0.3 is 12.1 Å². The molecule has 0 radical (unpaired) electrons. The Labute approximate surface area is 194 Å². The zero-order valence-electron chi connectivity index (χ0n) is 17.4. The van der Waals surface area contributed by atoms with Crippen LogP contribution >= 0.6 is 11.6 Å². The van der Waals surface area contributed by atoms with Crippen LogP contribution in [-0.4, -0.2) is 34.0 Å². The standard InChI is InChI=1S/C21H19ClN8O3/c1-30(20(31)26-11-14-2-4-15(22)5-3-14)21(32)28-29-27-16-6-8-18(9-7-16)33-19-13-24-17(10-23)12-25-19/h2-9,12-13,27,29H,11H2,1H3,(H,26,31)(H,28,32). The average molecular weight is 467 g/mol. The van der Waals surface area contributed by atoms with Crippen LogP contribution < -0.4 is 26.4 Å². The van der Waals surface area contributed by atoms with Crippen molar-refractivity contribution in [3.8, 4) is 17.7 Å². The van der Waals surface area contributed by atoms with Gasteiger partial charge in [0.15, 0.2) is 5.69 Å². The summed E-state index contributed by atoms with van der Waals surface area (Å²) in [5, 5.41) is 12.0. The fourth-order valence-electron chi connectivity index (χ4n) is 2.39. The molecule has 0 bridgehead atoms. The molecule has 2 aromatic carbocycles. The minimum Gasteiger partial charge on any atom is -0.438 e. The van der Waals surface area contributed by atoms with Crippen LogP contribution in [0.5, 0.6) is 11.6 Å². The van der Waals surface area contributed by atoms with E-state index in [0.717, 1.165) is 10.5 Å².